The zero-order valence-corrected chi connectivity index (χ0v) is 13.6. The minimum absolute atomic E-state index is 0.0254. The van der Waals surface area contributed by atoms with Crippen LogP contribution < -0.4 is 4.74 Å². The van der Waals surface area contributed by atoms with Crippen LogP contribution in [0.1, 0.15) is 23.5 Å². The maximum atomic E-state index is 10.2. The Labute approximate surface area is 143 Å². The minimum atomic E-state index is -0.871. The Bertz CT molecular complexity index is 877. The fraction of sp³-hybridized carbons (Fsp3) is 0.167. The van der Waals surface area contributed by atoms with Crippen molar-refractivity contribution in [2.75, 3.05) is 0 Å². The minimum Gasteiger partial charge on any atom is -0.464 e. The molecule has 3 nitrogen and oxygen atoms in total. The van der Waals surface area contributed by atoms with Crippen molar-refractivity contribution in [2.45, 2.75) is 18.6 Å². The molecule has 0 saturated carbocycles. The summed E-state index contributed by atoms with van der Waals surface area (Å²) < 4.78 is 5.72. The molecule has 23 heavy (non-hydrogen) atoms. The molecule has 0 radical (unpaired) electrons. The van der Waals surface area contributed by atoms with Crippen LogP contribution in [0.25, 0.3) is 10.8 Å². The highest BCUT2D eigenvalue weighted by molar-refractivity contribution is 6.34. The first-order valence-corrected chi connectivity index (χ1v) is 8.05. The van der Waals surface area contributed by atoms with E-state index >= 15 is 0 Å². The van der Waals surface area contributed by atoms with E-state index in [4.69, 9.17) is 27.9 Å². The Kier molecular flexibility index (Phi) is 3.64. The van der Waals surface area contributed by atoms with Gasteiger partial charge in [-0.2, -0.15) is 0 Å². The lowest BCUT2D eigenvalue weighted by Crippen LogP contribution is -2.25. The normalized spacial score (nSPS) is 20.1. The van der Waals surface area contributed by atoms with Crippen molar-refractivity contribution in [1.29, 1.82) is 0 Å². The van der Waals surface area contributed by atoms with Crippen LogP contribution in [0.4, 0.5) is 0 Å². The van der Waals surface area contributed by atoms with E-state index in [2.05, 4.69) is 4.98 Å². The number of nitrogens with zero attached hydrogens (tertiary/aromatic N) is 1. The monoisotopic (exact) mass is 345 g/mol. The van der Waals surface area contributed by atoms with E-state index in [-0.39, 0.29) is 5.92 Å². The van der Waals surface area contributed by atoms with E-state index in [1.807, 2.05) is 30.3 Å². The Morgan fingerprint density at radius 2 is 1.87 bits per heavy atom. The van der Waals surface area contributed by atoms with Gasteiger partial charge in [0.25, 0.3) is 0 Å². The molecular formula is C18H13Cl2NO2. The molecule has 0 fully saturated rings. The molecule has 0 aliphatic carbocycles. The molecule has 1 aliphatic rings. The van der Waals surface area contributed by atoms with Gasteiger partial charge in [0.1, 0.15) is 5.75 Å². The third-order valence-corrected chi connectivity index (χ3v) is 4.59. The molecule has 1 aliphatic heterocycles. The van der Waals surface area contributed by atoms with E-state index in [0.29, 0.717) is 22.2 Å². The SMILES string of the molecule is O[C@H]1C[C@@H](c2cc(Cl)cc(Cl)c2)c2ccc3cnccc3c2O1. The van der Waals surface area contributed by atoms with Crippen molar-refractivity contribution in [1.82, 2.24) is 4.98 Å². The molecule has 0 unspecified atom stereocenters. The average Bonchev–Trinajstić information content (AvgIpc) is 2.53. The van der Waals surface area contributed by atoms with Gasteiger partial charge < -0.3 is 9.84 Å². The molecule has 0 amide bonds. The zero-order chi connectivity index (χ0) is 16.0. The van der Waals surface area contributed by atoms with Crippen molar-refractivity contribution in [3.8, 4) is 5.75 Å². The van der Waals surface area contributed by atoms with Crippen molar-refractivity contribution in [3.63, 3.8) is 0 Å². The van der Waals surface area contributed by atoms with Crippen molar-refractivity contribution in [3.05, 3.63) is 70.0 Å². The summed E-state index contributed by atoms with van der Waals surface area (Å²) in [5, 5.41) is 13.3. The Morgan fingerprint density at radius 1 is 1.09 bits per heavy atom. The summed E-state index contributed by atoms with van der Waals surface area (Å²) in [6.45, 7) is 0. The van der Waals surface area contributed by atoms with Gasteiger partial charge in [-0.1, -0.05) is 35.3 Å². The molecule has 0 bridgehead atoms. The van der Waals surface area contributed by atoms with Crippen LogP contribution in [-0.2, 0) is 0 Å². The standard InChI is InChI=1S/C18H13Cl2NO2/c19-12-5-11(6-13(20)7-12)16-8-17(22)23-18-14-3-4-21-9-10(14)1-2-15(16)18/h1-7,9,16-17,22H,8H2/t16-,17+/m0/s1. The number of ether oxygens (including phenoxy) is 1. The summed E-state index contributed by atoms with van der Waals surface area (Å²) in [5.74, 6) is 0.673. The van der Waals surface area contributed by atoms with Crippen LogP contribution >= 0.6 is 23.2 Å². The fourth-order valence-corrected chi connectivity index (χ4v) is 3.71. The first kappa shape index (κ1) is 14.8. The molecule has 1 N–H and O–H groups in total. The molecule has 2 heterocycles. The molecular weight excluding hydrogens is 333 g/mol. The Hall–Kier alpha value is -1.81. The van der Waals surface area contributed by atoms with Gasteiger partial charge in [-0.3, -0.25) is 4.98 Å². The molecule has 116 valence electrons. The first-order valence-electron chi connectivity index (χ1n) is 7.29. The van der Waals surface area contributed by atoms with Crippen LogP contribution in [0.2, 0.25) is 10.0 Å². The molecule has 2 atom stereocenters. The topological polar surface area (TPSA) is 42.4 Å². The lowest BCUT2D eigenvalue weighted by molar-refractivity contribution is -0.0347. The Balaban J connectivity index is 1.93. The van der Waals surface area contributed by atoms with E-state index in [1.165, 1.54) is 0 Å². The van der Waals surface area contributed by atoms with Crippen LogP contribution in [-0.4, -0.2) is 16.4 Å². The highest BCUT2D eigenvalue weighted by atomic mass is 35.5. The fourth-order valence-electron chi connectivity index (χ4n) is 3.17. The van der Waals surface area contributed by atoms with Crippen molar-refractivity contribution < 1.29 is 9.84 Å². The summed E-state index contributed by atoms with van der Waals surface area (Å²) in [7, 11) is 0. The van der Waals surface area contributed by atoms with E-state index in [1.54, 1.807) is 18.5 Å². The summed E-state index contributed by atoms with van der Waals surface area (Å²) in [6, 6.07) is 11.4. The molecule has 0 spiro atoms. The molecule has 4 rings (SSSR count). The zero-order valence-electron chi connectivity index (χ0n) is 12.0. The number of rotatable bonds is 1. The highest BCUT2D eigenvalue weighted by Crippen LogP contribution is 2.44. The van der Waals surface area contributed by atoms with Gasteiger partial charge in [-0.25, -0.2) is 0 Å². The quantitative estimate of drug-likeness (QED) is 0.690. The van der Waals surface area contributed by atoms with Gasteiger partial charge in [0.2, 0.25) is 0 Å². The number of hydrogen-bond acceptors (Lipinski definition) is 3. The highest BCUT2D eigenvalue weighted by Gasteiger charge is 2.30. The number of hydrogen-bond donors (Lipinski definition) is 1. The summed E-state index contributed by atoms with van der Waals surface area (Å²) in [6.07, 6.45) is 3.09. The predicted octanol–water partition coefficient (Wildman–Crippen LogP) is 4.77. The van der Waals surface area contributed by atoms with Crippen LogP contribution in [0, 0.1) is 0 Å². The van der Waals surface area contributed by atoms with Crippen molar-refractivity contribution in [2.24, 2.45) is 0 Å². The van der Waals surface area contributed by atoms with Gasteiger partial charge in [-0.05, 0) is 29.8 Å². The lowest BCUT2D eigenvalue weighted by Gasteiger charge is -2.31. The third-order valence-electron chi connectivity index (χ3n) is 4.16. The largest absolute Gasteiger partial charge is 0.464 e. The molecule has 3 aromatic rings. The van der Waals surface area contributed by atoms with E-state index in [9.17, 15) is 5.11 Å². The summed E-state index contributed by atoms with van der Waals surface area (Å²) in [5.41, 5.74) is 1.99. The number of aliphatic hydroxyl groups is 1. The average molecular weight is 346 g/mol. The van der Waals surface area contributed by atoms with Crippen molar-refractivity contribution >= 4 is 34.0 Å². The molecule has 0 saturated heterocycles. The number of pyridine rings is 1. The van der Waals surface area contributed by atoms with Gasteiger partial charge in [-0.15, -0.1) is 0 Å². The smallest absolute Gasteiger partial charge is 0.198 e. The van der Waals surface area contributed by atoms with Crippen LogP contribution in [0.3, 0.4) is 0 Å². The molecule has 1 aromatic heterocycles. The van der Waals surface area contributed by atoms with Gasteiger partial charge in [0.15, 0.2) is 6.29 Å². The second kappa shape index (κ2) is 5.68. The maximum absolute atomic E-state index is 10.2. The molecule has 2 aromatic carbocycles. The predicted molar refractivity (Wildman–Crippen MR) is 91.3 cm³/mol. The van der Waals surface area contributed by atoms with Crippen LogP contribution in [0.15, 0.2) is 48.8 Å². The first-order chi connectivity index (χ1) is 11.1. The number of benzene rings is 2. The summed E-state index contributed by atoms with van der Waals surface area (Å²) in [4.78, 5) is 4.13. The van der Waals surface area contributed by atoms with Gasteiger partial charge in [0, 0.05) is 51.1 Å². The number of fused-ring (bicyclic) bond motifs is 3. The second-order valence-corrected chi connectivity index (χ2v) is 6.52. The number of aromatic nitrogens is 1. The van der Waals surface area contributed by atoms with Gasteiger partial charge >= 0.3 is 0 Å². The maximum Gasteiger partial charge on any atom is 0.198 e. The lowest BCUT2D eigenvalue weighted by atomic mass is 9.85. The third kappa shape index (κ3) is 2.65. The van der Waals surface area contributed by atoms with Gasteiger partial charge in [0.05, 0.1) is 0 Å². The Morgan fingerprint density at radius 3 is 2.65 bits per heavy atom. The number of halogens is 2. The number of aliphatic hydroxyl groups excluding tert-OH is 1. The second-order valence-electron chi connectivity index (χ2n) is 5.64. The van der Waals surface area contributed by atoms with E-state index < -0.39 is 6.29 Å². The summed E-state index contributed by atoms with van der Waals surface area (Å²) >= 11 is 12.3. The van der Waals surface area contributed by atoms with Crippen LogP contribution in [0.5, 0.6) is 5.75 Å². The van der Waals surface area contributed by atoms with E-state index in [0.717, 1.165) is 21.9 Å². The molecule has 5 heteroatoms.